The number of allylic oxidation sites excluding steroid dienone is 1. The Balaban J connectivity index is 1.42. The molecular formula is C30H44O6. The lowest BCUT2D eigenvalue weighted by Crippen LogP contribution is -2.32. The normalized spacial score (nSPS) is 40.5. The molecule has 200 valence electrons. The molecule has 36 heavy (non-hydrogen) atoms. The molecule has 0 aromatic heterocycles. The summed E-state index contributed by atoms with van der Waals surface area (Å²) in [6.45, 7) is 6.43. The first-order chi connectivity index (χ1) is 17.4. The van der Waals surface area contributed by atoms with Crippen LogP contribution in [0.5, 0.6) is 0 Å². The van der Waals surface area contributed by atoms with E-state index >= 15 is 0 Å². The number of rotatable bonds is 3. The quantitative estimate of drug-likeness (QED) is 0.324. The second-order valence-electron chi connectivity index (χ2n) is 11.3. The van der Waals surface area contributed by atoms with Crippen molar-refractivity contribution in [3.05, 3.63) is 48.6 Å². The van der Waals surface area contributed by atoms with Crippen molar-refractivity contribution in [2.24, 2.45) is 11.8 Å². The van der Waals surface area contributed by atoms with Gasteiger partial charge in [-0.25, -0.2) is 4.79 Å². The van der Waals surface area contributed by atoms with Crippen LogP contribution in [0.2, 0.25) is 0 Å². The third-order valence-electron chi connectivity index (χ3n) is 7.96. The Bertz CT molecular complexity index is 831. The molecule has 9 atom stereocenters. The number of carbonyl (C=O) groups is 1. The minimum atomic E-state index is -0.924. The summed E-state index contributed by atoms with van der Waals surface area (Å²) in [6.07, 6.45) is 18.3. The highest BCUT2D eigenvalue weighted by atomic mass is 16.6. The zero-order valence-corrected chi connectivity index (χ0v) is 21.7. The number of ether oxygens (including phenoxy) is 3. The highest BCUT2D eigenvalue weighted by Gasteiger charge is 2.46. The molecule has 0 spiro atoms. The van der Waals surface area contributed by atoms with E-state index in [1.807, 2.05) is 6.08 Å². The van der Waals surface area contributed by atoms with Crippen LogP contribution in [0.4, 0.5) is 0 Å². The van der Waals surface area contributed by atoms with Crippen LogP contribution >= 0.6 is 0 Å². The van der Waals surface area contributed by atoms with Gasteiger partial charge in [0, 0.05) is 12.5 Å². The summed E-state index contributed by atoms with van der Waals surface area (Å²) in [5.41, 5.74) is 1.01. The van der Waals surface area contributed by atoms with E-state index in [9.17, 15) is 15.0 Å². The van der Waals surface area contributed by atoms with Crippen molar-refractivity contribution < 1.29 is 29.2 Å². The van der Waals surface area contributed by atoms with E-state index in [1.54, 1.807) is 12.2 Å². The molecule has 6 heteroatoms. The maximum absolute atomic E-state index is 12.6. The Morgan fingerprint density at radius 3 is 2.81 bits per heavy atom. The van der Waals surface area contributed by atoms with Crippen LogP contribution in [0.1, 0.15) is 77.6 Å². The van der Waals surface area contributed by atoms with E-state index in [2.05, 4.69) is 25.7 Å². The van der Waals surface area contributed by atoms with Crippen LogP contribution in [-0.2, 0) is 19.0 Å². The molecule has 4 aliphatic rings. The molecule has 0 aromatic rings. The van der Waals surface area contributed by atoms with Crippen LogP contribution in [0.25, 0.3) is 0 Å². The molecule has 1 aliphatic carbocycles. The van der Waals surface area contributed by atoms with Gasteiger partial charge >= 0.3 is 5.97 Å². The number of aliphatic hydroxyl groups excluding tert-OH is 2. The first-order valence-corrected chi connectivity index (χ1v) is 13.9. The number of aliphatic hydroxyl groups is 2. The zero-order valence-electron chi connectivity index (χ0n) is 21.7. The van der Waals surface area contributed by atoms with E-state index in [0.717, 1.165) is 44.1 Å². The lowest BCUT2D eigenvalue weighted by atomic mass is 9.82. The van der Waals surface area contributed by atoms with Gasteiger partial charge in [0.15, 0.2) is 0 Å². The number of hydrogen-bond acceptors (Lipinski definition) is 6. The summed E-state index contributed by atoms with van der Waals surface area (Å²) < 4.78 is 17.6. The maximum Gasteiger partial charge on any atom is 0.330 e. The molecule has 2 fully saturated rings. The van der Waals surface area contributed by atoms with E-state index in [1.165, 1.54) is 18.9 Å². The molecule has 0 amide bonds. The van der Waals surface area contributed by atoms with Crippen LogP contribution in [-0.4, -0.2) is 58.9 Å². The molecule has 6 unspecified atom stereocenters. The van der Waals surface area contributed by atoms with Crippen molar-refractivity contribution >= 4 is 5.97 Å². The van der Waals surface area contributed by atoms with Gasteiger partial charge in [-0.2, -0.15) is 0 Å². The second-order valence-corrected chi connectivity index (χ2v) is 11.3. The van der Waals surface area contributed by atoms with Crippen molar-refractivity contribution in [3.8, 4) is 0 Å². The van der Waals surface area contributed by atoms with Gasteiger partial charge in [0.1, 0.15) is 18.3 Å². The Morgan fingerprint density at radius 2 is 1.97 bits per heavy atom. The van der Waals surface area contributed by atoms with Crippen LogP contribution < -0.4 is 0 Å². The van der Waals surface area contributed by atoms with E-state index in [0.29, 0.717) is 31.1 Å². The van der Waals surface area contributed by atoms with Gasteiger partial charge in [0.05, 0.1) is 24.4 Å². The Labute approximate surface area is 216 Å². The van der Waals surface area contributed by atoms with Gasteiger partial charge in [-0.15, -0.1) is 0 Å². The van der Waals surface area contributed by atoms with Crippen LogP contribution in [0.3, 0.4) is 0 Å². The maximum atomic E-state index is 12.6. The molecule has 0 radical (unpaired) electrons. The molecule has 4 rings (SSSR count). The SMILES string of the molecule is C=C1CCC[C@@H]2CC=CC(C/C=C\C(=O)OC(C(O)/C=C/C3CCCC(C)C3)C[C@@H]3OC3[C@@H](O)C1)O2. The van der Waals surface area contributed by atoms with Gasteiger partial charge in [0.25, 0.3) is 0 Å². The van der Waals surface area contributed by atoms with Gasteiger partial charge in [-0.3, -0.25) is 0 Å². The fourth-order valence-electron chi connectivity index (χ4n) is 5.85. The van der Waals surface area contributed by atoms with Crippen LogP contribution in [0, 0.1) is 11.8 Å². The standard InChI is InChI=1S/C30H44O6/c1-20-7-3-9-22(17-20)15-16-25(31)27-19-28-30(36-28)26(32)18-21(2)8-4-10-23-11-5-12-24(34-23)13-6-14-29(33)35-27/h5-6,12,14-16,20,22-28,30-32H,2-4,7-11,13,17-19H2,1H3/b14-6-,16-15+/t20?,22?,23-,24?,25?,26+,27?,28+,30?/m1/s1. The molecule has 3 aliphatic heterocycles. The average Bonchev–Trinajstić information content (AvgIpc) is 3.61. The Hall–Kier alpha value is -1.73. The van der Waals surface area contributed by atoms with E-state index in [-0.39, 0.29) is 24.4 Å². The van der Waals surface area contributed by atoms with Crippen molar-refractivity contribution in [1.29, 1.82) is 0 Å². The van der Waals surface area contributed by atoms with Crippen molar-refractivity contribution in [2.45, 2.75) is 120 Å². The highest BCUT2D eigenvalue weighted by molar-refractivity contribution is 5.82. The number of esters is 1. The summed E-state index contributed by atoms with van der Waals surface area (Å²) in [5, 5.41) is 21.6. The van der Waals surface area contributed by atoms with Gasteiger partial charge < -0.3 is 24.4 Å². The lowest BCUT2D eigenvalue weighted by molar-refractivity contribution is -0.148. The third-order valence-corrected chi connectivity index (χ3v) is 7.96. The molecule has 2 N–H and O–H groups in total. The predicted molar refractivity (Wildman–Crippen MR) is 139 cm³/mol. The predicted octanol–water partition coefficient (Wildman–Crippen LogP) is 4.95. The fourth-order valence-corrected chi connectivity index (χ4v) is 5.85. The molecule has 1 saturated carbocycles. The molecule has 6 nitrogen and oxygen atoms in total. The molecule has 3 heterocycles. The Morgan fingerprint density at radius 1 is 1.11 bits per heavy atom. The van der Waals surface area contributed by atoms with Crippen molar-refractivity contribution in [2.75, 3.05) is 0 Å². The number of fused-ring (bicyclic) bond motifs is 3. The highest BCUT2D eigenvalue weighted by Crippen LogP contribution is 2.35. The molecule has 1 saturated heterocycles. The van der Waals surface area contributed by atoms with Gasteiger partial charge in [-0.1, -0.05) is 62.3 Å². The minimum absolute atomic E-state index is 0.0560. The number of cyclic esters (lactones) is 1. The van der Waals surface area contributed by atoms with Gasteiger partial charge in [0.2, 0.25) is 0 Å². The van der Waals surface area contributed by atoms with Gasteiger partial charge in [-0.05, 0) is 63.2 Å². The average molecular weight is 501 g/mol. The largest absolute Gasteiger partial charge is 0.456 e. The molecule has 0 aromatic carbocycles. The lowest BCUT2D eigenvalue weighted by Gasteiger charge is -2.26. The van der Waals surface area contributed by atoms with Crippen molar-refractivity contribution in [1.82, 2.24) is 0 Å². The third kappa shape index (κ3) is 8.41. The number of carbonyl (C=O) groups excluding carboxylic acids is 1. The summed E-state index contributed by atoms with van der Waals surface area (Å²) in [4.78, 5) is 12.6. The fraction of sp³-hybridized carbons (Fsp3) is 0.700. The summed E-state index contributed by atoms with van der Waals surface area (Å²) in [5.74, 6) is 0.658. The first kappa shape index (κ1) is 27.3. The molecule has 2 bridgehead atoms. The van der Waals surface area contributed by atoms with E-state index < -0.39 is 24.3 Å². The minimum Gasteiger partial charge on any atom is -0.456 e. The number of hydrogen-bond donors (Lipinski definition) is 2. The monoisotopic (exact) mass is 500 g/mol. The summed E-state index contributed by atoms with van der Waals surface area (Å²) in [6, 6.07) is 0. The van der Waals surface area contributed by atoms with Crippen LogP contribution in [0.15, 0.2) is 48.6 Å². The summed E-state index contributed by atoms with van der Waals surface area (Å²) in [7, 11) is 0. The van der Waals surface area contributed by atoms with E-state index in [4.69, 9.17) is 14.2 Å². The molecular weight excluding hydrogens is 456 g/mol. The smallest absolute Gasteiger partial charge is 0.330 e. The second kappa shape index (κ2) is 13.2. The topological polar surface area (TPSA) is 88.5 Å². The zero-order chi connectivity index (χ0) is 25.5. The van der Waals surface area contributed by atoms with Crippen molar-refractivity contribution in [3.63, 3.8) is 0 Å². The first-order valence-electron chi connectivity index (χ1n) is 13.9. The Kier molecular flexibility index (Phi) is 10.00. The summed E-state index contributed by atoms with van der Waals surface area (Å²) >= 11 is 0. The number of epoxide rings is 1.